The summed E-state index contributed by atoms with van der Waals surface area (Å²) in [7, 11) is 3.17. The molecule has 1 saturated heterocycles. The van der Waals surface area contributed by atoms with Crippen LogP contribution in [0.3, 0.4) is 0 Å². The lowest BCUT2D eigenvalue weighted by atomic mass is 9.83. The molecule has 3 rings (SSSR count). The molecular formula is C22H27N3O4. The highest BCUT2D eigenvalue weighted by molar-refractivity contribution is 5.85. The fraction of sp³-hybridized carbons (Fsp3) is 0.409. The van der Waals surface area contributed by atoms with Crippen LogP contribution in [-0.2, 0) is 16.1 Å². The van der Waals surface area contributed by atoms with Crippen LogP contribution in [0.1, 0.15) is 37.1 Å². The van der Waals surface area contributed by atoms with Crippen molar-refractivity contribution >= 4 is 11.8 Å². The van der Waals surface area contributed by atoms with E-state index < -0.39 is 6.04 Å². The third-order valence-corrected chi connectivity index (χ3v) is 5.31. The van der Waals surface area contributed by atoms with E-state index in [-0.39, 0.29) is 17.7 Å². The Morgan fingerprint density at radius 3 is 2.72 bits per heavy atom. The van der Waals surface area contributed by atoms with Gasteiger partial charge in [-0.05, 0) is 37.6 Å². The normalized spacial score (nSPS) is 19.0. The van der Waals surface area contributed by atoms with Gasteiger partial charge in [0.15, 0.2) is 0 Å². The van der Waals surface area contributed by atoms with E-state index in [1.165, 1.54) is 0 Å². The second-order valence-electron chi connectivity index (χ2n) is 6.92. The Kier molecular flexibility index (Phi) is 6.69. The monoisotopic (exact) mass is 397 g/mol. The second-order valence-corrected chi connectivity index (χ2v) is 6.92. The van der Waals surface area contributed by atoms with Crippen LogP contribution in [0, 0.1) is 5.92 Å². The molecule has 7 heteroatoms. The zero-order valence-corrected chi connectivity index (χ0v) is 17.1. The number of carbonyl (C=O) groups excluding carboxylic acids is 2. The summed E-state index contributed by atoms with van der Waals surface area (Å²) >= 11 is 0. The van der Waals surface area contributed by atoms with Crippen LogP contribution >= 0.6 is 0 Å². The standard InChI is InChI=1S/C22H27N3O4/c1-4-25-20(26)11-10-18(22(27)24-14-15-7-5-6-12-23-15)21(25)17-9-8-16(28-2)13-19(17)29-3/h5-9,12-13,18,21H,4,10-11,14H2,1-3H3,(H,24,27)/t18-,21+/m1/s1. The molecule has 2 atom stereocenters. The Labute approximate surface area is 171 Å². The van der Waals surface area contributed by atoms with E-state index >= 15 is 0 Å². The Balaban J connectivity index is 1.90. The van der Waals surface area contributed by atoms with Gasteiger partial charge in [0.2, 0.25) is 11.8 Å². The van der Waals surface area contributed by atoms with Gasteiger partial charge in [-0.25, -0.2) is 0 Å². The van der Waals surface area contributed by atoms with Crippen LogP contribution in [0.25, 0.3) is 0 Å². The fourth-order valence-corrected chi connectivity index (χ4v) is 3.86. The fourth-order valence-electron chi connectivity index (χ4n) is 3.86. The van der Waals surface area contributed by atoms with E-state index in [1.54, 1.807) is 31.4 Å². The van der Waals surface area contributed by atoms with Crippen molar-refractivity contribution in [1.29, 1.82) is 0 Å². The van der Waals surface area contributed by atoms with Crippen molar-refractivity contribution in [2.45, 2.75) is 32.4 Å². The molecule has 2 amide bonds. The summed E-state index contributed by atoms with van der Waals surface area (Å²) in [5, 5.41) is 2.98. The number of rotatable bonds is 7. The molecular weight excluding hydrogens is 370 g/mol. The van der Waals surface area contributed by atoms with Crippen molar-refractivity contribution in [1.82, 2.24) is 15.2 Å². The highest BCUT2D eigenvalue weighted by atomic mass is 16.5. The third-order valence-electron chi connectivity index (χ3n) is 5.31. The number of ether oxygens (including phenoxy) is 2. The molecule has 1 aromatic carbocycles. The molecule has 0 radical (unpaired) electrons. The van der Waals surface area contributed by atoms with Crippen LogP contribution in [-0.4, -0.2) is 42.5 Å². The van der Waals surface area contributed by atoms with Crippen LogP contribution in [0.5, 0.6) is 11.5 Å². The van der Waals surface area contributed by atoms with Gasteiger partial charge in [-0.3, -0.25) is 14.6 Å². The van der Waals surface area contributed by atoms with Crippen molar-refractivity contribution in [2.24, 2.45) is 5.92 Å². The Morgan fingerprint density at radius 2 is 2.07 bits per heavy atom. The maximum absolute atomic E-state index is 13.1. The minimum atomic E-state index is -0.397. The van der Waals surface area contributed by atoms with Crippen LogP contribution in [0.4, 0.5) is 0 Å². The topological polar surface area (TPSA) is 80.8 Å². The predicted molar refractivity (Wildman–Crippen MR) is 108 cm³/mol. The highest BCUT2D eigenvalue weighted by Crippen LogP contribution is 2.41. The van der Waals surface area contributed by atoms with Gasteiger partial charge in [-0.2, -0.15) is 0 Å². The van der Waals surface area contributed by atoms with Crippen LogP contribution in [0.15, 0.2) is 42.6 Å². The van der Waals surface area contributed by atoms with Crippen LogP contribution < -0.4 is 14.8 Å². The minimum Gasteiger partial charge on any atom is -0.497 e. The van der Waals surface area contributed by atoms with E-state index in [2.05, 4.69) is 10.3 Å². The number of methoxy groups -OCH3 is 2. The number of piperidine rings is 1. The Hall–Kier alpha value is -3.09. The summed E-state index contributed by atoms with van der Waals surface area (Å²) in [6.07, 6.45) is 2.54. The van der Waals surface area contributed by atoms with Gasteiger partial charge in [0, 0.05) is 30.8 Å². The lowest BCUT2D eigenvalue weighted by Gasteiger charge is -2.40. The van der Waals surface area contributed by atoms with Gasteiger partial charge in [0.25, 0.3) is 0 Å². The molecule has 29 heavy (non-hydrogen) atoms. The maximum atomic E-state index is 13.1. The van der Waals surface area contributed by atoms with Gasteiger partial charge in [-0.15, -0.1) is 0 Å². The van der Waals surface area contributed by atoms with Gasteiger partial charge in [0.1, 0.15) is 11.5 Å². The first kappa shape index (κ1) is 20.6. The van der Waals surface area contributed by atoms with Gasteiger partial charge < -0.3 is 19.7 Å². The molecule has 154 valence electrons. The van der Waals surface area contributed by atoms with E-state index in [0.717, 1.165) is 11.3 Å². The average molecular weight is 397 g/mol. The summed E-state index contributed by atoms with van der Waals surface area (Å²) in [6.45, 7) is 2.79. The summed E-state index contributed by atoms with van der Waals surface area (Å²) in [5.74, 6) is 0.837. The molecule has 1 aromatic heterocycles. The SMILES string of the molecule is CCN1C(=O)CC[C@@H](C(=O)NCc2ccccn2)[C@@H]1c1ccc(OC)cc1OC. The number of carbonyl (C=O) groups is 2. The Bertz CT molecular complexity index is 856. The molecule has 0 saturated carbocycles. The number of benzene rings is 1. The number of nitrogens with one attached hydrogen (secondary N) is 1. The highest BCUT2D eigenvalue weighted by Gasteiger charge is 2.41. The molecule has 1 fully saturated rings. The number of pyridine rings is 1. The van der Waals surface area contributed by atoms with Gasteiger partial charge in [-0.1, -0.05) is 6.07 Å². The average Bonchev–Trinajstić information content (AvgIpc) is 2.77. The van der Waals surface area contributed by atoms with Crippen molar-refractivity contribution in [3.05, 3.63) is 53.9 Å². The summed E-state index contributed by atoms with van der Waals surface area (Å²) < 4.78 is 10.9. The van der Waals surface area contributed by atoms with Crippen molar-refractivity contribution in [3.8, 4) is 11.5 Å². The quantitative estimate of drug-likeness (QED) is 0.777. The number of hydrogen-bond acceptors (Lipinski definition) is 5. The zero-order chi connectivity index (χ0) is 20.8. The Morgan fingerprint density at radius 1 is 1.24 bits per heavy atom. The first-order chi connectivity index (χ1) is 14.1. The number of hydrogen-bond donors (Lipinski definition) is 1. The third kappa shape index (κ3) is 4.50. The molecule has 0 aliphatic carbocycles. The van der Waals surface area contributed by atoms with Crippen molar-refractivity contribution in [2.75, 3.05) is 20.8 Å². The molecule has 1 aliphatic rings. The number of likely N-dealkylation sites (tertiary alicyclic amines) is 1. The first-order valence-electron chi connectivity index (χ1n) is 9.78. The predicted octanol–water partition coefficient (Wildman–Crippen LogP) is 2.71. The summed E-state index contributed by atoms with van der Waals surface area (Å²) in [6, 6.07) is 10.7. The summed E-state index contributed by atoms with van der Waals surface area (Å²) in [5.41, 5.74) is 1.60. The minimum absolute atomic E-state index is 0.0455. The first-order valence-corrected chi connectivity index (χ1v) is 9.78. The molecule has 2 aromatic rings. The van der Waals surface area contributed by atoms with Crippen molar-refractivity contribution in [3.63, 3.8) is 0 Å². The largest absolute Gasteiger partial charge is 0.497 e. The van der Waals surface area contributed by atoms with Crippen molar-refractivity contribution < 1.29 is 19.1 Å². The summed E-state index contributed by atoms with van der Waals surface area (Å²) in [4.78, 5) is 31.7. The molecule has 0 spiro atoms. The molecule has 0 unspecified atom stereocenters. The number of amides is 2. The molecule has 1 N–H and O–H groups in total. The molecule has 2 heterocycles. The lowest BCUT2D eigenvalue weighted by Crippen LogP contribution is -2.48. The van der Waals surface area contributed by atoms with E-state index in [1.807, 2.05) is 37.3 Å². The number of aromatic nitrogens is 1. The molecule has 1 aliphatic heterocycles. The van der Waals surface area contributed by atoms with E-state index in [4.69, 9.17) is 9.47 Å². The molecule has 7 nitrogen and oxygen atoms in total. The maximum Gasteiger partial charge on any atom is 0.225 e. The molecule has 0 bridgehead atoms. The number of nitrogens with zero attached hydrogens (tertiary/aromatic N) is 2. The zero-order valence-electron chi connectivity index (χ0n) is 17.1. The van der Waals surface area contributed by atoms with Gasteiger partial charge >= 0.3 is 0 Å². The van der Waals surface area contributed by atoms with E-state index in [0.29, 0.717) is 37.4 Å². The second kappa shape index (κ2) is 9.41. The van der Waals surface area contributed by atoms with E-state index in [9.17, 15) is 9.59 Å². The lowest BCUT2D eigenvalue weighted by molar-refractivity contribution is -0.143. The van der Waals surface area contributed by atoms with Gasteiger partial charge in [0.05, 0.1) is 38.4 Å². The smallest absolute Gasteiger partial charge is 0.225 e. The van der Waals surface area contributed by atoms with Crippen LogP contribution in [0.2, 0.25) is 0 Å².